The molecule has 0 aliphatic heterocycles. The number of esters is 1. The van der Waals surface area contributed by atoms with Gasteiger partial charge >= 0.3 is 5.97 Å². The Balaban J connectivity index is 2.23. The molecule has 5 nitrogen and oxygen atoms in total. The zero-order valence-electron chi connectivity index (χ0n) is 13.6. The number of ether oxygens (including phenoxy) is 2. The lowest BCUT2D eigenvalue weighted by molar-refractivity contribution is -0.144. The lowest BCUT2D eigenvalue weighted by Gasteiger charge is -2.15. The van der Waals surface area contributed by atoms with E-state index in [1.807, 2.05) is 12.1 Å². The predicted molar refractivity (Wildman–Crippen MR) is 134 cm³/mol. The van der Waals surface area contributed by atoms with E-state index in [4.69, 9.17) is 15.2 Å². The van der Waals surface area contributed by atoms with Crippen LogP contribution < -0.4 is 10.5 Å². The van der Waals surface area contributed by atoms with Crippen LogP contribution >= 0.6 is 90.4 Å². The summed E-state index contributed by atoms with van der Waals surface area (Å²) in [7, 11) is 0. The molecular weight excluding hydrogens is 790 g/mol. The van der Waals surface area contributed by atoms with E-state index in [2.05, 4.69) is 90.4 Å². The molecular formula is C17H15I4NO4. The van der Waals surface area contributed by atoms with Crippen molar-refractivity contribution in [2.45, 2.75) is 19.4 Å². The van der Waals surface area contributed by atoms with Crippen LogP contribution in [0.15, 0.2) is 24.3 Å². The van der Waals surface area contributed by atoms with Gasteiger partial charge in [0.25, 0.3) is 0 Å². The molecule has 2 aromatic carbocycles. The van der Waals surface area contributed by atoms with Crippen LogP contribution in [0.5, 0.6) is 17.2 Å². The summed E-state index contributed by atoms with van der Waals surface area (Å²) < 4.78 is 14.3. The van der Waals surface area contributed by atoms with Crippen LogP contribution in [0.1, 0.15) is 12.5 Å². The number of hydrogen-bond donors (Lipinski definition) is 2. The second-order valence-corrected chi connectivity index (χ2v) is 9.94. The average molecular weight is 805 g/mol. The summed E-state index contributed by atoms with van der Waals surface area (Å²) in [5.41, 5.74) is 6.85. The summed E-state index contributed by atoms with van der Waals surface area (Å²) in [5.74, 6) is 1.25. The minimum atomic E-state index is -0.687. The van der Waals surface area contributed by atoms with E-state index in [9.17, 15) is 9.90 Å². The third-order valence-corrected chi connectivity index (χ3v) is 6.56. The number of benzene rings is 2. The van der Waals surface area contributed by atoms with Crippen molar-refractivity contribution in [1.29, 1.82) is 0 Å². The monoisotopic (exact) mass is 805 g/mol. The summed E-state index contributed by atoms with van der Waals surface area (Å²) in [6.45, 7) is 2.08. The second kappa shape index (κ2) is 10.2. The first kappa shape index (κ1) is 22.7. The van der Waals surface area contributed by atoms with Crippen molar-refractivity contribution in [3.63, 3.8) is 0 Å². The fraction of sp³-hybridized carbons (Fsp3) is 0.235. The Morgan fingerprint density at radius 1 is 1.08 bits per heavy atom. The van der Waals surface area contributed by atoms with Gasteiger partial charge in [0, 0.05) is 0 Å². The van der Waals surface area contributed by atoms with Crippen LogP contribution in [0.4, 0.5) is 0 Å². The number of hydrogen-bond acceptors (Lipinski definition) is 5. The summed E-state index contributed by atoms with van der Waals surface area (Å²) >= 11 is 8.55. The molecule has 26 heavy (non-hydrogen) atoms. The molecule has 2 rings (SSSR count). The molecule has 0 amide bonds. The molecule has 0 saturated carbocycles. The normalized spacial score (nSPS) is 11.9. The van der Waals surface area contributed by atoms with E-state index in [0.29, 0.717) is 18.8 Å². The third kappa shape index (κ3) is 5.94. The Labute approximate surface area is 206 Å². The SMILES string of the molecule is CCOC(=O)[C@H](N)Cc1cc(I)c(Oc2cc(I)c(O)c(I)c2)c(I)c1. The Morgan fingerprint density at radius 2 is 1.62 bits per heavy atom. The summed E-state index contributed by atoms with van der Waals surface area (Å²) in [6, 6.07) is 6.79. The fourth-order valence-electron chi connectivity index (χ4n) is 2.13. The van der Waals surface area contributed by atoms with Gasteiger partial charge in [-0.2, -0.15) is 0 Å². The van der Waals surface area contributed by atoms with Gasteiger partial charge in [-0.15, -0.1) is 0 Å². The van der Waals surface area contributed by atoms with Crippen LogP contribution in [0.3, 0.4) is 0 Å². The van der Waals surface area contributed by atoms with Gasteiger partial charge in [0.1, 0.15) is 17.5 Å². The molecule has 0 saturated heterocycles. The lowest BCUT2D eigenvalue weighted by Crippen LogP contribution is -2.34. The van der Waals surface area contributed by atoms with Crippen molar-refractivity contribution in [3.05, 3.63) is 44.1 Å². The van der Waals surface area contributed by atoms with Crippen LogP contribution in [0.25, 0.3) is 0 Å². The van der Waals surface area contributed by atoms with E-state index in [0.717, 1.165) is 25.6 Å². The maximum absolute atomic E-state index is 11.7. The molecule has 0 fully saturated rings. The molecule has 9 heteroatoms. The third-order valence-electron chi connectivity index (χ3n) is 3.31. The molecule has 0 heterocycles. The van der Waals surface area contributed by atoms with Crippen molar-refractivity contribution in [3.8, 4) is 17.2 Å². The zero-order chi connectivity index (χ0) is 19.4. The smallest absolute Gasteiger partial charge is 0.323 e. The van der Waals surface area contributed by atoms with Gasteiger partial charge < -0.3 is 20.3 Å². The number of carbonyl (C=O) groups is 1. The maximum atomic E-state index is 11.7. The van der Waals surface area contributed by atoms with Crippen molar-refractivity contribution in [2.24, 2.45) is 5.73 Å². The first-order valence-electron chi connectivity index (χ1n) is 7.49. The lowest BCUT2D eigenvalue weighted by atomic mass is 10.1. The molecule has 2 aromatic rings. The van der Waals surface area contributed by atoms with Crippen molar-refractivity contribution in [2.75, 3.05) is 6.61 Å². The highest BCUT2D eigenvalue weighted by molar-refractivity contribution is 14.1. The predicted octanol–water partition coefficient (Wildman–Crippen LogP) is 5.04. The van der Waals surface area contributed by atoms with Gasteiger partial charge in [-0.1, -0.05) is 0 Å². The molecule has 140 valence electrons. The number of halogens is 4. The number of phenolic OH excluding ortho intramolecular Hbond substituents is 1. The second-order valence-electron chi connectivity index (χ2n) is 5.29. The maximum Gasteiger partial charge on any atom is 0.323 e. The highest BCUT2D eigenvalue weighted by atomic mass is 127. The summed E-state index contributed by atoms with van der Waals surface area (Å²) in [4.78, 5) is 11.7. The first-order chi connectivity index (χ1) is 12.2. The van der Waals surface area contributed by atoms with E-state index in [-0.39, 0.29) is 5.75 Å². The highest BCUT2D eigenvalue weighted by Gasteiger charge is 2.18. The standard InChI is InChI=1S/C17H15I4NO4/c1-2-25-17(24)14(22)5-8-3-12(20)16(13(21)4-8)26-9-6-10(18)15(23)11(19)7-9/h3-4,6-7,14,23H,2,5,22H2,1H3/t14-/m1/s1. The molecule has 0 aliphatic rings. The van der Waals surface area contributed by atoms with Gasteiger partial charge in [-0.05, 0) is 134 Å². The topological polar surface area (TPSA) is 81.8 Å². The molecule has 3 N–H and O–H groups in total. The van der Waals surface area contributed by atoms with Crippen LogP contribution in [0.2, 0.25) is 0 Å². The minimum absolute atomic E-state index is 0.256. The summed E-state index contributed by atoms with van der Waals surface area (Å²) in [5, 5.41) is 9.89. The Bertz CT molecular complexity index is 782. The Hall–Kier alpha value is 0.390. The van der Waals surface area contributed by atoms with E-state index >= 15 is 0 Å². The van der Waals surface area contributed by atoms with Crippen molar-refractivity contribution >= 4 is 96.3 Å². The molecule has 0 spiro atoms. The summed E-state index contributed by atoms with van der Waals surface area (Å²) in [6.07, 6.45) is 0.403. The average Bonchev–Trinajstić information content (AvgIpc) is 2.56. The molecule has 0 aromatic heterocycles. The number of aromatic hydroxyl groups is 1. The van der Waals surface area contributed by atoms with E-state index in [1.165, 1.54) is 0 Å². The van der Waals surface area contributed by atoms with Crippen LogP contribution in [0, 0.1) is 14.3 Å². The minimum Gasteiger partial charge on any atom is -0.506 e. The first-order valence-corrected chi connectivity index (χ1v) is 11.8. The van der Waals surface area contributed by atoms with Gasteiger partial charge in [0.15, 0.2) is 5.75 Å². The number of rotatable bonds is 6. The molecule has 0 radical (unpaired) electrons. The van der Waals surface area contributed by atoms with Gasteiger partial charge in [-0.25, -0.2) is 0 Å². The molecule has 0 bridgehead atoms. The quantitative estimate of drug-likeness (QED) is 0.317. The van der Waals surface area contributed by atoms with E-state index in [1.54, 1.807) is 19.1 Å². The van der Waals surface area contributed by atoms with Gasteiger partial charge in [0.2, 0.25) is 0 Å². The molecule has 1 atom stereocenters. The number of carbonyl (C=O) groups excluding carboxylic acids is 1. The number of phenols is 1. The largest absolute Gasteiger partial charge is 0.506 e. The molecule has 0 aliphatic carbocycles. The van der Waals surface area contributed by atoms with Gasteiger partial charge in [-0.3, -0.25) is 4.79 Å². The fourth-order valence-corrected chi connectivity index (χ4v) is 5.96. The van der Waals surface area contributed by atoms with Crippen molar-refractivity contribution < 1.29 is 19.4 Å². The highest BCUT2D eigenvalue weighted by Crippen LogP contribution is 2.36. The number of nitrogens with two attached hydrogens (primary N) is 1. The van der Waals surface area contributed by atoms with Gasteiger partial charge in [0.05, 0.1) is 20.9 Å². The molecule has 0 unspecified atom stereocenters. The Morgan fingerprint density at radius 3 is 2.12 bits per heavy atom. The van der Waals surface area contributed by atoms with Crippen LogP contribution in [-0.4, -0.2) is 23.7 Å². The van der Waals surface area contributed by atoms with Crippen molar-refractivity contribution in [1.82, 2.24) is 0 Å². The zero-order valence-corrected chi connectivity index (χ0v) is 22.2. The van der Waals surface area contributed by atoms with Crippen LogP contribution in [-0.2, 0) is 16.0 Å². The van der Waals surface area contributed by atoms with E-state index < -0.39 is 12.0 Å². The Kier molecular flexibility index (Phi) is 8.94.